The highest BCUT2D eigenvalue weighted by Crippen LogP contribution is 1.86. The maximum atomic E-state index is 11.0. The summed E-state index contributed by atoms with van der Waals surface area (Å²) in [7, 11) is 1.62. The minimum atomic E-state index is -0.250. The fourth-order valence-corrected chi connectivity index (χ4v) is 0.728. The molecule has 0 unspecified atom stereocenters. The van der Waals surface area contributed by atoms with Crippen molar-refractivity contribution >= 4 is 5.97 Å². The number of carbonyl (C=O) groups is 1. The van der Waals surface area contributed by atoms with Crippen LogP contribution in [-0.4, -0.2) is 38.9 Å². The van der Waals surface area contributed by atoms with Crippen LogP contribution in [0.25, 0.3) is 0 Å². The van der Waals surface area contributed by atoms with E-state index in [4.69, 9.17) is 9.47 Å². The molecule has 72 valence electrons. The molecule has 0 aliphatic rings. The van der Waals surface area contributed by atoms with Crippen molar-refractivity contribution in [1.29, 1.82) is 0 Å². The molecule has 0 amide bonds. The molecule has 0 aliphatic heterocycles. The Morgan fingerprint density at radius 1 is 1.58 bits per heavy atom. The van der Waals surface area contributed by atoms with E-state index in [2.05, 4.69) is 5.32 Å². The van der Waals surface area contributed by atoms with Gasteiger partial charge in [-0.1, -0.05) is 0 Å². The van der Waals surface area contributed by atoms with Crippen LogP contribution in [0.1, 0.15) is 13.8 Å². The van der Waals surface area contributed by atoms with Crippen LogP contribution < -0.4 is 5.32 Å². The standard InChI is InChI=1S/C8H17NO3/c1-4-12-8(10)7(2)9-5-6-11-3/h7,9H,4-6H2,1-3H3/t7-/m0/s1. The third-order valence-electron chi connectivity index (χ3n) is 1.40. The van der Waals surface area contributed by atoms with E-state index in [9.17, 15) is 4.79 Å². The van der Waals surface area contributed by atoms with Gasteiger partial charge in [0.1, 0.15) is 6.04 Å². The van der Waals surface area contributed by atoms with E-state index in [1.165, 1.54) is 0 Å². The van der Waals surface area contributed by atoms with Gasteiger partial charge in [-0.25, -0.2) is 0 Å². The van der Waals surface area contributed by atoms with Crippen LogP contribution >= 0.6 is 0 Å². The molecule has 1 atom stereocenters. The monoisotopic (exact) mass is 175 g/mol. The molecule has 0 aromatic rings. The summed E-state index contributed by atoms with van der Waals surface area (Å²) in [6.45, 7) is 5.25. The van der Waals surface area contributed by atoms with Gasteiger partial charge in [-0.3, -0.25) is 4.79 Å². The van der Waals surface area contributed by atoms with Crippen LogP contribution in [-0.2, 0) is 14.3 Å². The van der Waals surface area contributed by atoms with Crippen molar-refractivity contribution in [2.45, 2.75) is 19.9 Å². The van der Waals surface area contributed by atoms with E-state index in [-0.39, 0.29) is 12.0 Å². The normalized spacial score (nSPS) is 12.6. The second kappa shape index (κ2) is 7.06. The molecule has 0 bridgehead atoms. The summed E-state index contributed by atoms with van der Waals surface area (Å²) in [4.78, 5) is 11.0. The number of hydrogen-bond acceptors (Lipinski definition) is 4. The van der Waals surface area contributed by atoms with Gasteiger partial charge in [0, 0.05) is 13.7 Å². The highest BCUT2D eigenvalue weighted by atomic mass is 16.5. The Bertz CT molecular complexity index is 127. The lowest BCUT2D eigenvalue weighted by atomic mass is 10.3. The van der Waals surface area contributed by atoms with Gasteiger partial charge in [-0.2, -0.15) is 0 Å². The van der Waals surface area contributed by atoms with Crippen molar-refractivity contribution in [3.63, 3.8) is 0 Å². The molecule has 4 nitrogen and oxygen atoms in total. The minimum Gasteiger partial charge on any atom is -0.465 e. The van der Waals surface area contributed by atoms with E-state index in [0.717, 1.165) is 0 Å². The van der Waals surface area contributed by atoms with Crippen LogP contribution in [0, 0.1) is 0 Å². The van der Waals surface area contributed by atoms with Gasteiger partial charge >= 0.3 is 5.97 Å². The first kappa shape index (κ1) is 11.4. The molecule has 0 rings (SSSR count). The number of rotatable bonds is 6. The first-order chi connectivity index (χ1) is 5.72. The molecule has 12 heavy (non-hydrogen) atoms. The predicted molar refractivity (Wildman–Crippen MR) is 46.0 cm³/mol. The molecular weight excluding hydrogens is 158 g/mol. The summed E-state index contributed by atoms with van der Waals surface area (Å²) in [5.41, 5.74) is 0. The quantitative estimate of drug-likeness (QED) is 0.462. The van der Waals surface area contributed by atoms with Gasteiger partial charge in [0.15, 0.2) is 0 Å². The Kier molecular flexibility index (Phi) is 6.70. The second-order valence-electron chi connectivity index (χ2n) is 2.42. The van der Waals surface area contributed by atoms with Crippen LogP contribution in [0.4, 0.5) is 0 Å². The minimum absolute atomic E-state index is 0.214. The Balaban J connectivity index is 3.42. The summed E-state index contributed by atoms with van der Waals surface area (Å²) < 4.78 is 9.61. The molecule has 0 saturated heterocycles. The fourth-order valence-electron chi connectivity index (χ4n) is 0.728. The summed E-state index contributed by atoms with van der Waals surface area (Å²) >= 11 is 0. The molecule has 0 saturated carbocycles. The molecule has 1 N–H and O–H groups in total. The van der Waals surface area contributed by atoms with Crippen LogP contribution in [0.5, 0.6) is 0 Å². The summed E-state index contributed by atoms with van der Waals surface area (Å²) in [5.74, 6) is -0.214. The van der Waals surface area contributed by atoms with Crippen LogP contribution in [0.2, 0.25) is 0 Å². The molecule has 4 heteroatoms. The molecule has 0 heterocycles. The second-order valence-corrected chi connectivity index (χ2v) is 2.42. The smallest absolute Gasteiger partial charge is 0.322 e. The SMILES string of the molecule is CCOC(=O)[C@H](C)NCCOC. The number of carbonyl (C=O) groups excluding carboxylic acids is 1. The van der Waals surface area contributed by atoms with Crippen molar-refractivity contribution in [1.82, 2.24) is 5.32 Å². The zero-order chi connectivity index (χ0) is 9.40. The summed E-state index contributed by atoms with van der Waals surface area (Å²) in [6, 6.07) is -0.250. The van der Waals surface area contributed by atoms with Gasteiger partial charge in [0.25, 0.3) is 0 Å². The van der Waals surface area contributed by atoms with E-state index in [1.54, 1.807) is 21.0 Å². The van der Waals surface area contributed by atoms with E-state index in [0.29, 0.717) is 19.8 Å². The van der Waals surface area contributed by atoms with Gasteiger partial charge in [-0.15, -0.1) is 0 Å². The molecular formula is C8H17NO3. The molecule has 0 radical (unpaired) electrons. The lowest BCUT2D eigenvalue weighted by Gasteiger charge is -2.11. The average molecular weight is 175 g/mol. The van der Waals surface area contributed by atoms with Crippen molar-refractivity contribution in [3.05, 3.63) is 0 Å². The maximum Gasteiger partial charge on any atom is 0.322 e. The predicted octanol–water partition coefficient (Wildman–Crippen LogP) is 0.174. The van der Waals surface area contributed by atoms with Crippen molar-refractivity contribution < 1.29 is 14.3 Å². The van der Waals surface area contributed by atoms with Gasteiger partial charge < -0.3 is 14.8 Å². The lowest BCUT2D eigenvalue weighted by Crippen LogP contribution is -2.37. The van der Waals surface area contributed by atoms with Crippen LogP contribution in [0.15, 0.2) is 0 Å². The summed E-state index contributed by atoms with van der Waals surface area (Å²) in [6.07, 6.45) is 0. The maximum absolute atomic E-state index is 11.0. The lowest BCUT2D eigenvalue weighted by molar-refractivity contribution is -0.145. The first-order valence-corrected chi connectivity index (χ1v) is 4.11. The molecule has 0 fully saturated rings. The third-order valence-corrected chi connectivity index (χ3v) is 1.40. The Labute approximate surface area is 73.2 Å². The van der Waals surface area contributed by atoms with E-state index in [1.807, 2.05) is 0 Å². The Morgan fingerprint density at radius 2 is 2.25 bits per heavy atom. The molecule has 0 aliphatic carbocycles. The van der Waals surface area contributed by atoms with E-state index >= 15 is 0 Å². The number of hydrogen-bond donors (Lipinski definition) is 1. The first-order valence-electron chi connectivity index (χ1n) is 4.11. The summed E-state index contributed by atoms with van der Waals surface area (Å²) in [5, 5.41) is 2.97. The van der Waals surface area contributed by atoms with Gasteiger partial charge in [0.2, 0.25) is 0 Å². The Hall–Kier alpha value is -0.610. The third kappa shape index (κ3) is 5.09. The van der Waals surface area contributed by atoms with Crippen molar-refractivity contribution in [3.8, 4) is 0 Å². The largest absolute Gasteiger partial charge is 0.465 e. The highest BCUT2D eigenvalue weighted by Gasteiger charge is 2.11. The highest BCUT2D eigenvalue weighted by molar-refractivity contribution is 5.75. The topological polar surface area (TPSA) is 47.6 Å². The molecule has 0 aromatic heterocycles. The molecule has 0 spiro atoms. The molecule has 0 aromatic carbocycles. The van der Waals surface area contributed by atoms with E-state index < -0.39 is 0 Å². The zero-order valence-corrected chi connectivity index (χ0v) is 7.92. The number of ether oxygens (including phenoxy) is 2. The number of esters is 1. The zero-order valence-electron chi connectivity index (χ0n) is 7.92. The van der Waals surface area contributed by atoms with Crippen LogP contribution in [0.3, 0.4) is 0 Å². The van der Waals surface area contributed by atoms with Gasteiger partial charge in [0.05, 0.1) is 13.2 Å². The van der Waals surface area contributed by atoms with Gasteiger partial charge in [-0.05, 0) is 13.8 Å². The van der Waals surface area contributed by atoms with Crippen molar-refractivity contribution in [2.75, 3.05) is 26.9 Å². The fraction of sp³-hybridized carbons (Fsp3) is 0.875. The Morgan fingerprint density at radius 3 is 2.75 bits per heavy atom. The number of nitrogens with one attached hydrogen (secondary N) is 1. The number of methoxy groups -OCH3 is 1. The average Bonchev–Trinajstić information content (AvgIpc) is 2.05. The van der Waals surface area contributed by atoms with Crippen molar-refractivity contribution in [2.24, 2.45) is 0 Å².